The summed E-state index contributed by atoms with van der Waals surface area (Å²) in [7, 11) is 1.70. The van der Waals surface area contributed by atoms with E-state index in [0.717, 1.165) is 35.8 Å². The first-order chi connectivity index (χ1) is 23.2. The van der Waals surface area contributed by atoms with Crippen LogP contribution in [0.2, 0.25) is 5.02 Å². The summed E-state index contributed by atoms with van der Waals surface area (Å²) >= 11 is 8.09. The fraction of sp³-hybridized carbons (Fsp3) is 0.528. The summed E-state index contributed by atoms with van der Waals surface area (Å²) in [5, 5.41) is 15.0. The Bertz CT molecular complexity index is 1630. The summed E-state index contributed by atoms with van der Waals surface area (Å²) in [5.74, 6) is -3.57. The minimum absolute atomic E-state index is 0.125. The average Bonchev–Trinajstić information content (AvgIpc) is 3.78. The first-order valence-corrected chi connectivity index (χ1v) is 18.1. The molecule has 1 saturated carbocycles. The van der Waals surface area contributed by atoms with E-state index in [2.05, 4.69) is 15.1 Å². The maximum Gasteiger partial charge on any atom is 0.306 e. The van der Waals surface area contributed by atoms with Gasteiger partial charge in [0.1, 0.15) is 5.82 Å². The number of nitrogens with one attached hydrogen (secondary N) is 1. The zero-order valence-electron chi connectivity index (χ0n) is 27.2. The molecule has 1 aliphatic carbocycles. The Labute approximate surface area is 289 Å². The summed E-state index contributed by atoms with van der Waals surface area (Å²) in [6.45, 7) is 3.21. The standard InChI is InChI=1S/C36H43ClFN3O6S/c1-46-21-23-12-16-41(17-13-23)36(40-14-4-5-15-40,47-26-10-8-24(9-11-26)35(44)45)33(42)19-25-18-29(37)31(20-30(25)38)39-34(43)28-22-48-32-7-3-2-6-27(28)32/h2-3,6-7,18,20,22-24,26H,4-5,8-17,19,21H2,1H3,(H,39,43)(H,44,45). The maximum absolute atomic E-state index is 15.9. The van der Waals surface area contributed by atoms with Crippen molar-refractivity contribution < 1.29 is 33.4 Å². The predicted octanol–water partition coefficient (Wildman–Crippen LogP) is 6.83. The molecule has 12 heteroatoms. The Morgan fingerprint density at radius 3 is 2.40 bits per heavy atom. The van der Waals surface area contributed by atoms with Crippen molar-refractivity contribution >= 4 is 56.4 Å². The molecule has 2 aliphatic heterocycles. The van der Waals surface area contributed by atoms with Gasteiger partial charge < -0.3 is 19.9 Å². The number of thiophene rings is 1. The summed E-state index contributed by atoms with van der Waals surface area (Å²) in [6.07, 6.45) is 4.98. The molecule has 2 saturated heterocycles. The third-order valence-electron chi connectivity index (χ3n) is 10.2. The summed E-state index contributed by atoms with van der Waals surface area (Å²) in [4.78, 5) is 43.8. The van der Waals surface area contributed by atoms with Gasteiger partial charge in [0, 0.05) is 61.8 Å². The lowest BCUT2D eigenvalue weighted by molar-refractivity contribution is -0.260. The van der Waals surface area contributed by atoms with Gasteiger partial charge in [0.25, 0.3) is 5.91 Å². The van der Waals surface area contributed by atoms with Crippen LogP contribution in [0, 0.1) is 17.7 Å². The quantitative estimate of drug-likeness (QED) is 0.212. The van der Waals surface area contributed by atoms with E-state index in [0.29, 0.717) is 70.0 Å². The number of halogens is 2. The molecule has 9 nitrogen and oxygen atoms in total. The van der Waals surface area contributed by atoms with Gasteiger partial charge >= 0.3 is 5.97 Å². The van der Waals surface area contributed by atoms with E-state index in [1.165, 1.54) is 23.5 Å². The molecule has 2 N–H and O–H groups in total. The first-order valence-electron chi connectivity index (χ1n) is 16.9. The van der Waals surface area contributed by atoms with Crippen LogP contribution in [0.5, 0.6) is 0 Å². The van der Waals surface area contributed by atoms with Gasteiger partial charge in [0.15, 0.2) is 5.78 Å². The topological polar surface area (TPSA) is 108 Å². The number of hydrogen-bond donors (Lipinski definition) is 2. The molecule has 0 bridgehead atoms. The van der Waals surface area contributed by atoms with Crippen molar-refractivity contribution in [3.8, 4) is 0 Å². The van der Waals surface area contributed by atoms with Crippen molar-refractivity contribution in [1.29, 1.82) is 0 Å². The number of methoxy groups -OCH3 is 1. The molecule has 1 atom stereocenters. The Hall–Kier alpha value is -2.93. The number of amides is 1. The van der Waals surface area contributed by atoms with Crippen LogP contribution in [-0.2, 0) is 25.5 Å². The molecule has 1 amide bonds. The normalized spacial score (nSPS) is 22.5. The number of anilines is 1. The number of aliphatic carboxylic acids is 1. The van der Waals surface area contributed by atoms with E-state index in [4.69, 9.17) is 21.1 Å². The third kappa shape index (κ3) is 7.32. The highest BCUT2D eigenvalue weighted by molar-refractivity contribution is 7.17. The highest BCUT2D eigenvalue weighted by Crippen LogP contribution is 2.38. The predicted molar refractivity (Wildman–Crippen MR) is 184 cm³/mol. The van der Waals surface area contributed by atoms with Crippen molar-refractivity contribution in [3.63, 3.8) is 0 Å². The highest BCUT2D eigenvalue weighted by atomic mass is 35.5. The van der Waals surface area contributed by atoms with E-state index < -0.39 is 29.5 Å². The largest absolute Gasteiger partial charge is 0.481 e. The molecular formula is C36H43ClFN3O6S. The second-order valence-electron chi connectivity index (χ2n) is 13.2. The molecule has 3 fully saturated rings. The van der Waals surface area contributed by atoms with E-state index in [1.54, 1.807) is 12.5 Å². The van der Waals surface area contributed by atoms with Crippen LogP contribution in [0.3, 0.4) is 0 Å². The lowest BCUT2D eigenvalue weighted by atomic mass is 9.87. The minimum atomic E-state index is -1.42. The molecule has 3 aliphatic rings. The van der Waals surface area contributed by atoms with Gasteiger partial charge in [0.05, 0.1) is 28.3 Å². The van der Waals surface area contributed by atoms with Gasteiger partial charge in [0.2, 0.25) is 5.85 Å². The molecule has 2 aromatic carbocycles. The van der Waals surface area contributed by atoms with Crippen LogP contribution >= 0.6 is 22.9 Å². The second kappa shape index (κ2) is 15.3. The van der Waals surface area contributed by atoms with Crippen LogP contribution in [-0.4, -0.2) is 84.4 Å². The van der Waals surface area contributed by atoms with Crippen LogP contribution in [0.25, 0.3) is 10.1 Å². The number of fused-ring (bicyclic) bond motifs is 1. The molecule has 3 aromatic rings. The summed E-state index contributed by atoms with van der Waals surface area (Å²) in [5.41, 5.74) is 0.730. The number of rotatable bonds is 12. The Kier molecular flexibility index (Phi) is 11.1. The van der Waals surface area contributed by atoms with E-state index in [-0.39, 0.29) is 34.6 Å². The average molecular weight is 700 g/mol. The highest BCUT2D eigenvalue weighted by Gasteiger charge is 2.53. The number of carbonyl (C=O) groups excluding carboxylic acids is 2. The van der Waals surface area contributed by atoms with Crippen LogP contribution in [0.1, 0.15) is 67.3 Å². The minimum Gasteiger partial charge on any atom is -0.481 e. The zero-order valence-corrected chi connectivity index (χ0v) is 28.8. The van der Waals surface area contributed by atoms with Crippen molar-refractivity contribution in [2.45, 2.75) is 69.7 Å². The van der Waals surface area contributed by atoms with Crippen molar-refractivity contribution in [2.24, 2.45) is 11.8 Å². The van der Waals surface area contributed by atoms with Gasteiger partial charge in [-0.15, -0.1) is 11.3 Å². The second-order valence-corrected chi connectivity index (χ2v) is 14.6. The monoisotopic (exact) mass is 699 g/mol. The van der Waals surface area contributed by atoms with E-state index in [9.17, 15) is 19.5 Å². The van der Waals surface area contributed by atoms with Crippen LogP contribution in [0.4, 0.5) is 10.1 Å². The number of ether oxygens (including phenoxy) is 2. The van der Waals surface area contributed by atoms with Crippen LogP contribution in [0.15, 0.2) is 41.8 Å². The number of ketones is 1. The van der Waals surface area contributed by atoms with E-state index >= 15 is 4.39 Å². The molecule has 0 radical (unpaired) electrons. The van der Waals surface area contributed by atoms with Crippen molar-refractivity contribution in [3.05, 3.63) is 63.7 Å². The lowest BCUT2D eigenvalue weighted by Gasteiger charge is -2.51. The van der Waals surface area contributed by atoms with Gasteiger partial charge in [-0.25, -0.2) is 4.39 Å². The fourth-order valence-electron chi connectivity index (χ4n) is 7.54. The van der Waals surface area contributed by atoms with Gasteiger partial charge in [-0.05, 0) is 81.0 Å². The molecule has 3 heterocycles. The lowest BCUT2D eigenvalue weighted by Crippen LogP contribution is -2.69. The molecular weight excluding hydrogens is 657 g/mol. The van der Waals surface area contributed by atoms with Gasteiger partial charge in [-0.2, -0.15) is 0 Å². The number of benzene rings is 2. The number of carboxylic acids is 1. The Balaban J connectivity index is 1.27. The number of piperidine rings is 1. The zero-order chi connectivity index (χ0) is 33.8. The van der Waals surface area contributed by atoms with Gasteiger partial charge in [-0.3, -0.25) is 24.2 Å². The number of carboxylic acid groups (broad SMARTS) is 1. The first kappa shape index (κ1) is 34.9. The molecule has 1 aromatic heterocycles. The van der Waals surface area contributed by atoms with Crippen molar-refractivity contribution in [2.75, 3.05) is 45.2 Å². The molecule has 0 spiro atoms. The molecule has 6 rings (SSSR count). The smallest absolute Gasteiger partial charge is 0.306 e. The number of carbonyl (C=O) groups is 3. The van der Waals surface area contributed by atoms with E-state index in [1.807, 2.05) is 24.3 Å². The third-order valence-corrected chi connectivity index (χ3v) is 11.4. The van der Waals surface area contributed by atoms with Crippen molar-refractivity contribution in [1.82, 2.24) is 9.80 Å². The fourth-order valence-corrected chi connectivity index (χ4v) is 8.71. The Morgan fingerprint density at radius 1 is 1.02 bits per heavy atom. The van der Waals surface area contributed by atoms with Gasteiger partial charge in [-0.1, -0.05) is 29.8 Å². The Morgan fingerprint density at radius 2 is 1.71 bits per heavy atom. The number of likely N-dealkylation sites (tertiary alicyclic amines) is 2. The van der Waals surface area contributed by atoms with Crippen LogP contribution < -0.4 is 5.32 Å². The number of nitrogens with zero attached hydrogens (tertiary/aromatic N) is 2. The number of hydrogen-bond acceptors (Lipinski definition) is 8. The summed E-state index contributed by atoms with van der Waals surface area (Å²) < 4.78 is 29.2. The molecule has 258 valence electrons. The number of Topliss-reactive ketones (excluding diaryl/α,β-unsaturated/α-hetero) is 1. The summed E-state index contributed by atoms with van der Waals surface area (Å²) in [6, 6.07) is 10.2. The maximum atomic E-state index is 15.9. The molecule has 1 unspecified atom stereocenters. The SMILES string of the molecule is COCC1CCN(C(OC2CCC(C(=O)O)CC2)(C(=O)Cc2cc(Cl)c(NC(=O)c3csc4ccccc34)cc2F)N2CCCC2)CC1. The molecule has 48 heavy (non-hydrogen) atoms.